The van der Waals surface area contributed by atoms with Gasteiger partial charge in [-0.05, 0) is 29.2 Å². The zero-order valence-electron chi connectivity index (χ0n) is 17.0. The molecule has 3 aromatic rings. The molecule has 2 aromatic carbocycles. The zero-order chi connectivity index (χ0) is 20.1. The molecule has 0 bridgehead atoms. The van der Waals surface area contributed by atoms with Gasteiger partial charge in [-0.25, -0.2) is 4.98 Å². The van der Waals surface area contributed by atoms with Crippen LogP contribution in [0.4, 0.5) is 5.69 Å². The predicted molar refractivity (Wildman–Crippen MR) is 116 cm³/mol. The topological polar surface area (TPSA) is 70.4 Å². The molecular formula is C22H27N7. The first-order valence-corrected chi connectivity index (χ1v) is 9.91. The normalized spacial score (nSPS) is 13.4. The number of aryl methyl sites for hydroxylation is 1. The zero-order valence-corrected chi connectivity index (χ0v) is 17.0. The number of rotatable bonds is 6. The molecule has 0 saturated carbocycles. The molecule has 7 nitrogen and oxygen atoms in total. The number of nitrogens with zero attached hydrogens (tertiary/aromatic N) is 5. The van der Waals surface area contributed by atoms with Crippen molar-refractivity contribution in [1.29, 1.82) is 0 Å². The molecule has 1 aromatic heterocycles. The summed E-state index contributed by atoms with van der Waals surface area (Å²) in [6.07, 6.45) is 2.69. The van der Waals surface area contributed by atoms with Crippen LogP contribution in [0, 0.1) is 0 Å². The summed E-state index contributed by atoms with van der Waals surface area (Å²) in [5.41, 5.74) is 5.37. The number of benzene rings is 2. The molecule has 1 aliphatic heterocycles. The maximum atomic E-state index is 4.27. The minimum Gasteiger partial charge on any atom is -0.367 e. The van der Waals surface area contributed by atoms with E-state index in [0.29, 0.717) is 13.1 Å². The van der Waals surface area contributed by atoms with Crippen molar-refractivity contribution in [2.24, 2.45) is 12.0 Å². The highest BCUT2D eigenvalue weighted by molar-refractivity contribution is 5.79. The monoisotopic (exact) mass is 389 g/mol. The Balaban J connectivity index is 1.28. The third-order valence-electron chi connectivity index (χ3n) is 5.28. The van der Waals surface area contributed by atoms with Crippen molar-refractivity contribution < 1.29 is 0 Å². The molecule has 0 spiro atoms. The highest BCUT2D eigenvalue weighted by atomic mass is 15.3. The Labute approximate surface area is 171 Å². The minimum absolute atomic E-state index is 0.576. The Bertz CT molecular complexity index is 975. The van der Waals surface area contributed by atoms with E-state index in [1.807, 2.05) is 7.05 Å². The second-order valence-corrected chi connectivity index (χ2v) is 7.20. The van der Waals surface area contributed by atoms with Crippen molar-refractivity contribution in [1.82, 2.24) is 25.4 Å². The summed E-state index contributed by atoms with van der Waals surface area (Å²) in [6.45, 7) is 3.33. The first-order valence-electron chi connectivity index (χ1n) is 9.91. The number of hydrogen-bond acceptors (Lipinski definition) is 4. The lowest BCUT2D eigenvalue weighted by molar-refractivity contribution is 0.672. The predicted octanol–water partition coefficient (Wildman–Crippen LogP) is 2.24. The molecule has 2 N–H and O–H groups in total. The van der Waals surface area contributed by atoms with Gasteiger partial charge >= 0.3 is 0 Å². The standard InChI is InChI=1S/C22H27N7/c1-23-22(25-14-21-26-16-27-28(21)2)24-13-17-7-9-18(10-8-17)15-29-12-11-19-5-3-4-6-20(19)29/h3-10,16H,11-15H2,1-2H3,(H2,23,24,25). The van der Waals surface area contributed by atoms with Gasteiger partial charge < -0.3 is 15.5 Å². The molecule has 2 heterocycles. The van der Waals surface area contributed by atoms with Crippen LogP contribution >= 0.6 is 0 Å². The first-order chi connectivity index (χ1) is 14.2. The fraction of sp³-hybridized carbons (Fsp3) is 0.318. The molecular weight excluding hydrogens is 362 g/mol. The van der Waals surface area contributed by atoms with Crippen molar-refractivity contribution in [3.63, 3.8) is 0 Å². The Hall–Kier alpha value is -3.35. The van der Waals surface area contributed by atoms with Crippen molar-refractivity contribution in [3.8, 4) is 0 Å². The highest BCUT2D eigenvalue weighted by Crippen LogP contribution is 2.28. The number of para-hydroxylation sites is 1. The SMILES string of the molecule is CN=C(NCc1ccc(CN2CCc3ccccc32)cc1)NCc1ncnn1C. The van der Waals surface area contributed by atoms with Crippen LogP contribution in [0.5, 0.6) is 0 Å². The van der Waals surface area contributed by atoms with Crippen LogP contribution in [0.3, 0.4) is 0 Å². The average Bonchev–Trinajstić information content (AvgIpc) is 3.35. The molecule has 4 rings (SSSR count). The maximum absolute atomic E-state index is 4.27. The summed E-state index contributed by atoms with van der Waals surface area (Å²) in [7, 11) is 3.64. The second kappa shape index (κ2) is 8.77. The van der Waals surface area contributed by atoms with E-state index in [4.69, 9.17) is 0 Å². The number of nitrogens with one attached hydrogen (secondary N) is 2. The molecule has 0 unspecified atom stereocenters. The van der Waals surface area contributed by atoms with E-state index in [1.54, 1.807) is 18.1 Å². The summed E-state index contributed by atoms with van der Waals surface area (Å²) in [5, 5.41) is 10.7. The Kier molecular flexibility index (Phi) is 5.74. The number of aromatic nitrogens is 3. The van der Waals surface area contributed by atoms with E-state index in [9.17, 15) is 0 Å². The van der Waals surface area contributed by atoms with Gasteiger partial charge in [-0.15, -0.1) is 0 Å². The van der Waals surface area contributed by atoms with Crippen LogP contribution < -0.4 is 15.5 Å². The van der Waals surface area contributed by atoms with Gasteiger partial charge in [0.2, 0.25) is 0 Å². The molecule has 1 aliphatic rings. The third-order valence-corrected chi connectivity index (χ3v) is 5.28. The van der Waals surface area contributed by atoms with E-state index in [0.717, 1.165) is 31.3 Å². The lowest BCUT2D eigenvalue weighted by Gasteiger charge is -2.19. The van der Waals surface area contributed by atoms with Crippen LogP contribution in [-0.2, 0) is 33.1 Å². The van der Waals surface area contributed by atoms with Crippen LogP contribution in [0.15, 0.2) is 59.9 Å². The second-order valence-electron chi connectivity index (χ2n) is 7.20. The average molecular weight is 390 g/mol. The molecule has 0 fully saturated rings. The molecule has 29 heavy (non-hydrogen) atoms. The molecule has 0 aliphatic carbocycles. The summed E-state index contributed by atoms with van der Waals surface area (Å²) in [4.78, 5) is 10.9. The van der Waals surface area contributed by atoms with Crippen LogP contribution in [0.25, 0.3) is 0 Å². The van der Waals surface area contributed by atoms with Gasteiger partial charge in [0.05, 0.1) is 6.54 Å². The summed E-state index contributed by atoms with van der Waals surface area (Å²) in [6, 6.07) is 17.5. The lowest BCUT2D eigenvalue weighted by atomic mass is 10.1. The number of guanidine groups is 1. The van der Waals surface area contributed by atoms with Gasteiger partial charge in [0, 0.05) is 39.4 Å². The minimum atomic E-state index is 0.576. The molecule has 0 radical (unpaired) electrons. The van der Waals surface area contributed by atoms with Crippen LogP contribution in [-0.4, -0.2) is 34.3 Å². The smallest absolute Gasteiger partial charge is 0.191 e. The van der Waals surface area contributed by atoms with Gasteiger partial charge in [-0.3, -0.25) is 9.67 Å². The summed E-state index contributed by atoms with van der Waals surface area (Å²) < 4.78 is 1.75. The lowest BCUT2D eigenvalue weighted by Crippen LogP contribution is -2.36. The third kappa shape index (κ3) is 4.56. The molecule has 7 heteroatoms. The number of anilines is 1. The van der Waals surface area contributed by atoms with Gasteiger partial charge in [-0.2, -0.15) is 5.10 Å². The van der Waals surface area contributed by atoms with Gasteiger partial charge in [-0.1, -0.05) is 42.5 Å². The van der Waals surface area contributed by atoms with Gasteiger partial charge in [0.1, 0.15) is 12.2 Å². The molecule has 150 valence electrons. The largest absolute Gasteiger partial charge is 0.367 e. The van der Waals surface area contributed by atoms with Gasteiger partial charge in [0.25, 0.3) is 0 Å². The van der Waals surface area contributed by atoms with E-state index < -0.39 is 0 Å². The maximum Gasteiger partial charge on any atom is 0.191 e. The quantitative estimate of drug-likeness (QED) is 0.500. The van der Waals surface area contributed by atoms with E-state index in [1.165, 1.54) is 22.4 Å². The number of aliphatic imine (C=N–C) groups is 1. The van der Waals surface area contributed by atoms with E-state index in [2.05, 4.69) is 79.1 Å². The number of fused-ring (bicyclic) bond motifs is 1. The van der Waals surface area contributed by atoms with Crippen molar-refractivity contribution >= 4 is 11.6 Å². The molecule has 0 saturated heterocycles. The van der Waals surface area contributed by atoms with E-state index in [-0.39, 0.29) is 0 Å². The van der Waals surface area contributed by atoms with Gasteiger partial charge in [0.15, 0.2) is 5.96 Å². The fourth-order valence-corrected chi connectivity index (χ4v) is 3.60. The Morgan fingerprint density at radius 2 is 1.79 bits per heavy atom. The molecule has 0 atom stereocenters. The van der Waals surface area contributed by atoms with Crippen molar-refractivity contribution in [3.05, 3.63) is 77.4 Å². The van der Waals surface area contributed by atoms with Crippen LogP contribution in [0.2, 0.25) is 0 Å². The summed E-state index contributed by atoms with van der Waals surface area (Å²) in [5.74, 6) is 1.60. The summed E-state index contributed by atoms with van der Waals surface area (Å²) >= 11 is 0. The first kappa shape index (κ1) is 19.0. The Morgan fingerprint density at radius 1 is 1.03 bits per heavy atom. The fourth-order valence-electron chi connectivity index (χ4n) is 3.60. The van der Waals surface area contributed by atoms with E-state index >= 15 is 0 Å². The van der Waals surface area contributed by atoms with Crippen molar-refractivity contribution in [2.75, 3.05) is 18.5 Å². The Morgan fingerprint density at radius 3 is 2.55 bits per heavy atom. The number of hydrogen-bond donors (Lipinski definition) is 2. The molecule has 0 amide bonds. The highest BCUT2D eigenvalue weighted by Gasteiger charge is 2.18. The van der Waals surface area contributed by atoms with Crippen LogP contribution in [0.1, 0.15) is 22.5 Å². The van der Waals surface area contributed by atoms with Crippen molar-refractivity contribution in [2.45, 2.75) is 26.1 Å².